The maximum absolute atomic E-state index is 12.3. The van der Waals surface area contributed by atoms with Gasteiger partial charge in [-0.3, -0.25) is 0 Å². The fourth-order valence-corrected chi connectivity index (χ4v) is 4.16. The van der Waals surface area contributed by atoms with E-state index in [4.69, 9.17) is 0 Å². The van der Waals surface area contributed by atoms with E-state index in [1.165, 1.54) is 12.8 Å². The van der Waals surface area contributed by atoms with Crippen molar-refractivity contribution in [1.29, 1.82) is 0 Å². The van der Waals surface area contributed by atoms with E-state index in [0.717, 1.165) is 28.9 Å². The summed E-state index contributed by atoms with van der Waals surface area (Å²) >= 11 is 3.28. The first-order valence-corrected chi connectivity index (χ1v) is 9.77. The van der Waals surface area contributed by atoms with Gasteiger partial charge in [0.25, 0.3) is 0 Å². The van der Waals surface area contributed by atoms with Crippen LogP contribution in [0.15, 0.2) is 52.0 Å². The fourth-order valence-electron chi connectivity index (χ4n) is 2.55. The lowest BCUT2D eigenvalue weighted by Crippen LogP contribution is -2.23. The van der Waals surface area contributed by atoms with Crippen LogP contribution in [-0.4, -0.2) is 26.5 Å². The van der Waals surface area contributed by atoms with Gasteiger partial charge in [-0.25, -0.2) is 18.1 Å². The Morgan fingerprint density at radius 1 is 1.17 bits per heavy atom. The molecular formula is C16H18BrN3O2S. The summed E-state index contributed by atoms with van der Waals surface area (Å²) < 4.78 is 27.9. The number of benzene rings is 1. The highest BCUT2D eigenvalue weighted by Crippen LogP contribution is 2.18. The summed E-state index contributed by atoms with van der Waals surface area (Å²) in [5.41, 5.74) is 0.839. The van der Waals surface area contributed by atoms with Gasteiger partial charge in [-0.2, -0.15) is 0 Å². The Morgan fingerprint density at radius 2 is 1.96 bits per heavy atom. The topological polar surface area (TPSA) is 62.3 Å². The van der Waals surface area contributed by atoms with Crippen LogP contribution in [0.4, 0.5) is 5.82 Å². The van der Waals surface area contributed by atoms with Gasteiger partial charge in [0.15, 0.2) is 0 Å². The number of halogens is 1. The zero-order chi connectivity index (χ0) is 16.3. The standard InChI is InChI=1S/C16H18BrN3O2S/c17-14-4-3-5-15(10-14)23(21,22)19-12-13-6-7-16(18-11-13)20-8-1-2-9-20/h3-7,10-11,19H,1-2,8-9,12H2. The highest BCUT2D eigenvalue weighted by molar-refractivity contribution is 9.10. The molecule has 3 rings (SSSR count). The molecule has 0 unspecified atom stereocenters. The minimum Gasteiger partial charge on any atom is -0.357 e. The lowest BCUT2D eigenvalue weighted by molar-refractivity contribution is 0.581. The van der Waals surface area contributed by atoms with Crippen LogP contribution in [0.2, 0.25) is 0 Å². The molecule has 1 aromatic heterocycles. The third-order valence-electron chi connectivity index (χ3n) is 3.81. The Bertz CT molecular complexity index is 772. The zero-order valence-corrected chi connectivity index (χ0v) is 15.0. The Hall–Kier alpha value is -1.44. The molecule has 1 N–H and O–H groups in total. The largest absolute Gasteiger partial charge is 0.357 e. The number of pyridine rings is 1. The van der Waals surface area contributed by atoms with Gasteiger partial charge in [0.2, 0.25) is 10.0 Å². The van der Waals surface area contributed by atoms with E-state index in [0.29, 0.717) is 0 Å². The number of hydrogen-bond donors (Lipinski definition) is 1. The van der Waals surface area contributed by atoms with Gasteiger partial charge < -0.3 is 4.90 Å². The average Bonchev–Trinajstić information content (AvgIpc) is 3.08. The van der Waals surface area contributed by atoms with Gasteiger partial charge in [-0.1, -0.05) is 28.1 Å². The van der Waals surface area contributed by atoms with E-state index in [2.05, 4.69) is 30.5 Å². The number of nitrogens with zero attached hydrogens (tertiary/aromatic N) is 2. The summed E-state index contributed by atoms with van der Waals surface area (Å²) in [5.74, 6) is 0.959. The Labute approximate surface area is 144 Å². The number of nitrogens with one attached hydrogen (secondary N) is 1. The van der Waals surface area contributed by atoms with Gasteiger partial charge in [0.05, 0.1) is 4.90 Å². The molecule has 1 saturated heterocycles. The molecule has 1 fully saturated rings. The molecule has 0 atom stereocenters. The Morgan fingerprint density at radius 3 is 2.61 bits per heavy atom. The molecule has 1 aliphatic heterocycles. The van der Waals surface area contributed by atoms with E-state index >= 15 is 0 Å². The summed E-state index contributed by atoms with van der Waals surface area (Å²) in [4.78, 5) is 6.92. The highest BCUT2D eigenvalue weighted by Gasteiger charge is 2.15. The van der Waals surface area contributed by atoms with Crippen LogP contribution in [0, 0.1) is 0 Å². The maximum atomic E-state index is 12.3. The van der Waals surface area contributed by atoms with Crippen molar-refractivity contribution in [2.24, 2.45) is 0 Å². The predicted molar refractivity (Wildman–Crippen MR) is 93.9 cm³/mol. The third kappa shape index (κ3) is 4.10. The molecule has 2 aromatic rings. The number of aromatic nitrogens is 1. The lowest BCUT2D eigenvalue weighted by Gasteiger charge is -2.16. The summed E-state index contributed by atoms with van der Waals surface area (Å²) in [6, 6.07) is 10.5. The molecule has 0 aliphatic carbocycles. The highest BCUT2D eigenvalue weighted by atomic mass is 79.9. The van der Waals surface area contributed by atoms with E-state index < -0.39 is 10.0 Å². The predicted octanol–water partition coefficient (Wildman–Crippen LogP) is 2.92. The molecule has 0 bridgehead atoms. The van der Waals surface area contributed by atoms with E-state index in [-0.39, 0.29) is 11.4 Å². The quantitative estimate of drug-likeness (QED) is 0.844. The molecule has 2 heterocycles. The van der Waals surface area contributed by atoms with Crippen LogP contribution in [0.1, 0.15) is 18.4 Å². The molecule has 122 valence electrons. The first kappa shape index (κ1) is 16.4. The molecule has 0 radical (unpaired) electrons. The van der Waals surface area contributed by atoms with Crippen LogP contribution >= 0.6 is 15.9 Å². The van der Waals surface area contributed by atoms with Gasteiger partial charge in [0, 0.05) is 30.3 Å². The SMILES string of the molecule is O=S(=O)(NCc1ccc(N2CCCC2)nc1)c1cccc(Br)c1. The Balaban J connectivity index is 1.65. The number of hydrogen-bond acceptors (Lipinski definition) is 4. The van der Waals surface area contributed by atoms with Gasteiger partial charge in [-0.15, -0.1) is 0 Å². The maximum Gasteiger partial charge on any atom is 0.240 e. The average molecular weight is 396 g/mol. The van der Waals surface area contributed by atoms with Crippen molar-refractivity contribution in [2.45, 2.75) is 24.3 Å². The van der Waals surface area contributed by atoms with Gasteiger partial charge in [0.1, 0.15) is 5.82 Å². The number of sulfonamides is 1. The second-order valence-electron chi connectivity index (χ2n) is 5.50. The van der Waals surface area contributed by atoms with Crippen molar-refractivity contribution in [3.05, 3.63) is 52.6 Å². The second-order valence-corrected chi connectivity index (χ2v) is 8.18. The van der Waals surface area contributed by atoms with Crippen LogP contribution in [0.5, 0.6) is 0 Å². The normalized spacial score (nSPS) is 15.1. The molecule has 0 amide bonds. The van der Waals surface area contributed by atoms with Crippen molar-refractivity contribution in [3.8, 4) is 0 Å². The minimum absolute atomic E-state index is 0.224. The van der Waals surface area contributed by atoms with Crippen LogP contribution in [0.25, 0.3) is 0 Å². The molecule has 7 heteroatoms. The first-order chi connectivity index (χ1) is 11.0. The summed E-state index contributed by atoms with van der Waals surface area (Å²) in [7, 11) is -3.52. The van der Waals surface area contributed by atoms with Crippen molar-refractivity contribution in [3.63, 3.8) is 0 Å². The summed E-state index contributed by atoms with van der Waals surface area (Å²) in [5, 5.41) is 0. The smallest absolute Gasteiger partial charge is 0.240 e. The van der Waals surface area contributed by atoms with Crippen LogP contribution in [-0.2, 0) is 16.6 Å². The van der Waals surface area contributed by atoms with Crippen molar-refractivity contribution >= 4 is 31.8 Å². The zero-order valence-electron chi connectivity index (χ0n) is 12.6. The molecule has 0 spiro atoms. The van der Waals surface area contributed by atoms with E-state index in [1.54, 1.807) is 30.5 Å². The van der Waals surface area contributed by atoms with Crippen LogP contribution < -0.4 is 9.62 Å². The number of anilines is 1. The van der Waals surface area contributed by atoms with Crippen molar-refractivity contribution in [1.82, 2.24) is 9.71 Å². The molecule has 0 saturated carbocycles. The molecular weight excluding hydrogens is 378 g/mol. The monoisotopic (exact) mass is 395 g/mol. The van der Waals surface area contributed by atoms with Crippen molar-refractivity contribution < 1.29 is 8.42 Å². The molecule has 1 aliphatic rings. The molecule has 23 heavy (non-hydrogen) atoms. The van der Waals surface area contributed by atoms with Crippen LogP contribution in [0.3, 0.4) is 0 Å². The number of rotatable bonds is 5. The first-order valence-electron chi connectivity index (χ1n) is 7.50. The lowest BCUT2D eigenvalue weighted by atomic mass is 10.3. The van der Waals surface area contributed by atoms with E-state index in [9.17, 15) is 8.42 Å². The molecule has 1 aromatic carbocycles. The summed E-state index contributed by atoms with van der Waals surface area (Å²) in [6.45, 7) is 2.31. The van der Waals surface area contributed by atoms with Gasteiger partial charge >= 0.3 is 0 Å². The Kier molecular flexibility index (Phi) is 4.99. The molecule has 5 nitrogen and oxygen atoms in total. The van der Waals surface area contributed by atoms with Gasteiger partial charge in [-0.05, 0) is 42.7 Å². The minimum atomic E-state index is -3.52. The third-order valence-corrected chi connectivity index (χ3v) is 5.70. The fraction of sp³-hybridized carbons (Fsp3) is 0.312. The summed E-state index contributed by atoms with van der Waals surface area (Å²) in [6.07, 6.45) is 4.14. The van der Waals surface area contributed by atoms with Crippen molar-refractivity contribution in [2.75, 3.05) is 18.0 Å². The second kappa shape index (κ2) is 6.98. The van der Waals surface area contributed by atoms with E-state index in [1.807, 2.05) is 12.1 Å².